The van der Waals surface area contributed by atoms with Crippen molar-refractivity contribution in [3.05, 3.63) is 0 Å². The molecule has 17 heavy (non-hydrogen) atoms. The molecule has 102 valence electrons. The Labute approximate surface area is 111 Å². The van der Waals surface area contributed by atoms with Crippen molar-refractivity contribution in [1.29, 1.82) is 0 Å². The molecule has 0 aromatic carbocycles. The lowest BCUT2D eigenvalue weighted by Gasteiger charge is -2.08. The Hall–Kier alpha value is 0.270. The lowest BCUT2D eigenvalue weighted by molar-refractivity contribution is 0.0967. The Bertz CT molecular complexity index is 98.5. The highest BCUT2D eigenvalue weighted by Crippen LogP contribution is 2.14. The van der Waals surface area contributed by atoms with Gasteiger partial charge in [-0.1, -0.05) is 0 Å². The summed E-state index contributed by atoms with van der Waals surface area (Å²) in [6.07, 6.45) is 10.8. The van der Waals surface area contributed by atoms with Gasteiger partial charge in [-0.15, -0.1) is 0 Å². The topological polar surface area (TPSA) is 18.5 Å². The molecule has 0 spiro atoms. The van der Waals surface area contributed by atoms with Crippen molar-refractivity contribution in [2.24, 2.45) is 0 Å². The van der Waals surface area contributed by atoms with Crippen LogP contribution in [-0.4, -0.2) is 37.9 Å². The van der Waals surface area contributed by atoms with Gasteiger partial charge in [0, 0.05) is 26.4 Å². The SMILES string of the molecule is C1CCOCC1.C1CCOCC1.C1CCSC1. The third kappa shape index (κ3) is 11.1. The Kier molecular flexibility index (Phi) is 11.5. The molecule has 0 saturated carbocycles. The predicted octanol–water partition coefficient (Wildman–Crippen LogP) is 3.89. The Balaban J connectivity index is 0.000000128. The third-order valence-electron chi connectivity index (χ3n) is 2.98. The molecule has 2 nitrogen and oxygen atoms in total. The van der Waals surface area contributed by atoms with E-state index < -0.39 is 0 Å². The van der Waals surface area contributed by atoms with Crippen LogP contribution < -0.4 is 0 Å². The predicted molar refractivity (Wildman–Crippen MR) is 75.9 cm³/mol. The number of rotatable bonds is 0. The fourth-order valence-electron chi connectivity index (χ4n) is 1.88. The maximum absolute atomic E-state index is 5.07. The van der Waals surface area contributed by atoms with E-state index in [1.54, 1.807) is 0 Å². The fourth-order valence-corrected chi connectivity index (χ4v) is 2.91. The zero-order chi connectivity index (χ0) is 12.0. The molecule has 3 aliphatic heterocycles. The van der Waals surface area contributed by atoms with E-state index in [9.17, 15) is 0 Å². The molecule has 3 heteroatoms. The molecule has 0 unspecified atom stereocenters. The lowest BCUT2D eigenvalue weighted by Crippen LogP contribution is -2.03. The second kappa shape index (κ2) is 12.7. The quantitative estimate of drug-likeness (QED) is 0.658. The first-order valence-corrected chi connectivity index (χ1v) is 8.39. The van der Waals surface area contributed by atoms with Crippen LogP contribution in [-0.2, 0) is 9.47 Å². The van der Waals surface area contributed by atoms with Gasteiger partial charge >= 0.3 is 0 Å². The van der Waals surface area contributed by atoms with E-state index in [0.717, 1.165) is 26.4 Å². The standard InChI is InChI=1S/2C5H10O.C4H8S/c2*1-2-4-6-5-3-1;1-2-4-5-3-1/h2*1-5H2;1-4H2. The smallest absolute Gasteiger partial charge is 0.0466 e. The fraction of sp³-hybridized carbons (Fsp3) is 1.00. The molecule has 3 fully saturated rings. The highest BCUT2D eigenvalue weighted by molar-refractivity contribution is 7.99. The zero-order valence-corrected chi connectivity index (χ0v) is 11.9. The molecule has 3 saturated heterocycles. The van der Waals surface area contributed by atoms with Crippen molar-refractivity contribution >= 4 is 11.8 Å². The summed E-state index contributed by atoms with van der Waals surface area (Å²) in [7, 11) is 0. The van der Waals surface area contributed by atoms with Crippen molar-refractivity contribution in [3.8, 4) is 0 Å². The van der Waals surface area contributed by atoms with E-state index >= 15 is 0 Å². The van der Waals surface area contributed by atoms with E-state index in [4.69, 9.17) is 9.47 Å². The van der Waals surface area contributed by atoms with Crippen molar-refractivity contribution in [1.82, 2.24) is 0 Å². The molecule has 0 amide bonds. The first-order chi connectivity index (χ1) is 8.50. The first kappa shape index (κ1) is 15.3. The first-order valence-electron chi connectivity index (χ1n) is 7.23. The Morgan fingerprint density at radius 3 is 1.00 bits per heavy atom. The molecule has 0 bridgehead atoms. The largest absolute Gasteiger partial charge is 0.381 e. The molecule has 0 N–H and O–H groups in total. The maximum Gasteiger partial charge on any atom is 0.0466 e. The average molecular weight is 260 g/mol. The van der Waals surface area contributed by atoms with Crippen LogP contribution in [0.3, 0.4) is 0 Å². The maximum atomic E-state index is 5.07. The third-order valence-corrected chi connectivity index (χ3v) is 4.14. The highest BCUT2D eigenvalue weighted by atomic mass is 32.2. The van der Waals surface area contributed by atoms with Gasteiger partial charge in [0.25, 0.3) is 0 Å². The number of hydrogen-bond donors (Lipinski definition) is 0. The molecule has 0 aromatic rings. The summed E-state index contributed by atoms with van der Waals surface area (Å²) in [5.41, 5.74) is 0. The molecule has 0 atom stereocenters. The summed E-state index contributed by atoms with van der Waals surface area (Å²) in [4.78, 5) is 0. The normalized spacial score (nSPS) is 24.0. The Morgan fingerprint density at radius 2 is 0.882 bits per heavy atom. The minimum absolute atomic E-state index is 1.00. The number of thioether (sulfide) groups is 1. The molecule has 3 aliphatic rings. The van der Waals surface area contributed by atoms with E-state index in [0.29, 0.717) is 0 Å². The summed E-state index contributed by atoms with van der Waals surface area (Å²) in [6.45, 7) is 4.00. The van der Waals surface area contributed by atoms with Crippen LogP contribution in [0.25, 0.3) is 0 Å². The molecule has 0 aliphatic carbocycles. The van der Waals surface area contributed by atoms with Crippen LogP contribution in [0, 0.1) is 0 Å². The van der Waals surface area contributed by atoms with Crippen LogP contribution in [0.2, 0.25) is 0 Å². The molecule has 0 radical (unpaired) electrons. The highest BCUT2D eigenvalue weighted by Gasteiger charge is 1.96. The second-order valence-electron chi connectivity index (χ2n) is 4.67. The monoisotopic (exact) mass is 260 g/mol. The zero-order valence-electron chi connectivity index (χ0n) is 11.1. The van der Waals surface area contributed by atoms with Crippen LogP contribution in [0.5, 0.6) is 0 Å². The summed E-state index contributed by atoms with van der Waals surface area (Å²) in [5, 5.41) is 0. The summed E-state index contributed by atoms with van der Waals surface area (Å²) in [5.74, 6) is 2.83. The summed E-state index contributed by atoms with van der Waals surface area (Å²) in [6, 6.07) is 0. The van der Waals surface area contributed by atoms with Crippen LogP contribution in [0.4, 0.5) is 0 Å². The van der Waals surface area contributed by atoms with E-state index in [-0.39, 0.29) is 0 Å². The number of ether oxygens (including phenoxy) is 2. The van der Waals surface area contributed by atoms with Gasteiger partial charge < -0.3 is 9.47 Å². The van der Waals surface area contributed by atoms with E-state index in [2.05, 4.69) is 11.8 Å². The van der Waals surface area contributed by atoms with Crippen molar-refractivity contribution < 1.29 is 9.47 Å². The second-order valence-corrected chi connectivity index (χ2v) is 5.89. The van der Waals surface area contributed by atoms with Crippen molar-refractivity contribution in [2.75, 3.05) is 37.9 Å². The van der Waals surface area contributed by atoms with Gasteiger partial charge in [0.1, 0.15) is 0 Å². The Morgan fingerprint density at radius 1 is 0.471 bits per heavy atom. The van der Waals surface area contributed by atoms with Crippen LogP contribution in [0.1, 0.15) is 51.4 Å². The van der Waals surface area contributed by atoms with Gasteiger partial charge in [0.15, 0.2) is 0 Å². The van der Waals surface area contributed by atoms with E-state index in [1.807, 2.05) is 0 Å². The molecule has 3 rings (SSSR count). The van der Waals surface area contributed by atoms with Crippen molar-refractivity contribution in [2.45, 2.75) is 51.4 Å². The minimum atomic E-state index is 1.00. The van der Waals surface area contributed by atoms with Gasteiger partial charge in [0.2, 0.25) is 0 Å². The van der Waals surface area contributed by atoms with Gasteiger partial charge in [-0.2, -0.15) is 11.8 Å². The minimum Gasteiger partial charge on any atom is -0.381 e. The molecule has 0 aromatic heterocycles. The van der Waals surface area contributed by atoms with Gasteiger partial charge in [0.05, 0.1) is 0 Å². The van der Waals surface area contributed by atoms with Crippen LogP contribution >= 0.6 is 11.8 Å². The van der Waals surface area contributed by atoms with Crippen LogP contribution in [0.15, 0.2) is 0 Å². The van der Waals surface area contributed by atoms with Gasteiger partial charge in [-0.05, 0) is 62.9 Å². The number of hydrogen-bond acceptors (Lipinski definition) is 3. The van der Waals surface area contributed by atoms with Crippen molar-refractivity contribution in [3.63, 3.8) is 0 Å². The molecule has 3 heterocycles. The summed E-state index contributed by atoms with van der Waals surface area (Å²) >= 11 is 2.07. The average Bonchev–Trinajstić information content (AvgIpc) is 3.03. The molecular formula is C14H28O2S. The summed E-state index contributed by atoms with van der Waals surface area (Å²) < 4.78 is 10.1. The lowest BCUT2D eigenvalue weighted by atomic mass is 10.2. The van der Waals surface area contributed by atoms with E-state index in [1.165, 1.54) is 62.9 Å². The van der Waals surface area contributed by atoms with Gasteiger partial charge in [-0.3, -0.25) is 0 Å². The molecular weight excluding hydrogens is 232 g/mol. The van der Waals surface area contributed by atoms with Gasteiger partial charge in [-0.25, -0.2) is 0 Å².